The van der Waals surface area contributed by atoms with Crippen LogP contribution in [-0.2, 0) is 4.79 Å². The number of carbonyl (C=O) groups excluding carboxylic acids is 1. The third-order valence-electron chi connectivity index (χ3n) is 4.02. The first-order valence-corrected chi connectivity index (χ1v) is 9.23. The zero-order valence-electron chi connectivity index (χ0n) is 14.2. The lowest BCUT2D eigenvalue weighted by molar-refractivity contribution is -0.115. The molecule has 1 fully saturated rings. The molecule has 0 radical (unpaired) electrons. The summed E-state index contributed by atoms with van der Waals surface area (Å²) in [5, 5.41) is 2.61. The first kappa shape index (κ1) is 17.4. The fraction of sp³-hybridized carbons (Fsp3) is 0.0526. The second kappa shape index (κ2) is 6.98. The molecule has 6 nitrogen and oxygen atoms in total. The minimum atomic E-state index is -0.202. The SMILES string of the molecule is COc1ccc(/C=C2\SC(=S)NC2=O)cc1-c1nc2ccccc2nc1N. The molecule has 3 aromatic rings. The van der Waals surface area contributed by atoms with Gasteiger partial charge in [0.25, 0.3) is 5.91 Å². The van der Waals surface area contributed by atoms with Crippen LogP contribution in [0.15, 0.2) is 47.4 Å². The van der Waals surface area contributed by atoms with Gasteiger partial charge < -0.3 is 15.8 Å². The lowest BCUT2D eigenvalue weighted by Crippen LogP contribution is -2.17. The maximum Gasteiger partial charge on any atom is 0.263 e. The summed E-state index contributed by atoms with van der Waals surface area (Å²) in [7, 11) is 1.58. The number of para-hydroxylation sites is 2. The zero-order chi connectivity index (χ0) is 19.0. The molecule has 1 aliphatic rings. The highest BCUT2D eigenvalue weighted by atomic mass is 32.2. The highest BCUT2D eigenvalue weighted by Gasteiger charge is 2.22. The second-order valence-corrected chi connectivity index (χ2v) is 7.48. The number of ether oxygens (including phenoxy) is 1. The van der Waals surface area contributed by atoms with Crippen molar-refractivity contribution >= 4 is 57.1 Å². The Morgan fingerprint density at radius 1 is 1.19 bits per heavy atom. The molecule has 1 aromatic heterocycles. The number of nitrogen functional groups attached to an aromatic ring is 1. The number of hydrogen-bond acceptors (Lipinski definition) is 7. The highest BCUT2D eigenvalue weighted by molar-refractivity contribution is 8.26. The number of nitrogens with one attached hydrogen (secondary N) is 1. The number of aromatic nitrogens is 2. The third-order valence-corrected chi connectivity index (χ3v) is 5.18. The molecule has 0 spiro atoms. The molecule has 0 bridgehead atoms. The van der Waals surface area contributed by atoms with Crippen molar-refractivity contribution in [1.29, 1.82) is 0 Å². The number of fused-ring (bicyclic) bond motifs is 1. The molecule has 1 saturated heterocycles. The summed E-state index contributed by atoms with van der Waals surface area (Å²) >= 11 is 6.26. The number of anilines is 1. The van der Waals surface area contributed by atoms with E-state index in [0.29, 0.717) is 32.1 Å². The predicted octanol–water partition coefficient (Wildman–Crippen LogP) is 3.38. The van der Waals surface area contributed by atoms with Gasteiger partial charge in [0.05, 0.1) is 23.0 Å². The Morgan fingerprint density at radius 3 is 2.59 bits per heavy atom. The van der Waals surface area contributed by atoms with Crippen LogP contribution in [0.25, 0.3) is 28.4 Å². The number of thiocarbonyl (C=S) groups is 1. The van der Waals surface area contributed by atoms with Crippen LogP contribution in [0.5, 0.6) is 5.75 Å². The van der Waals surface area contributed by atoms with Crippen molar-refractivity contribution in [2.24, 2.45) is 0 Å². The fourth-order valence-electron chi connectivity index (χ4n) is 2.78. The standard InChI is InChI=1S/C19H14N4O2S2/c1-25-14-7-6-10(9-15-18(24)23-19(26)27-15)8-11(14)16-17(20)22-13-5-3-2-4-12(13)21-16/h2-9H,1H3,(H2,20,22)(H,23,24,26)/b15-9-. The zero-order valence-corrected chi connectivity index (χ0v) is 15.9. The smallest absolute Gasteiger partial charge is 0.263 e. The average Bonchev–Trinajstić information content (AvgIpc) is 2.98. The molecule has 134 valence electrons. The Bertz CT molecular complexity index is 1130. The van der Waals surface area contributed by atoms with Gasteiger partial charge in [-0.1, -0.05) is 42.2 Å². The summed E-state index contributed by atoms with van der Waals surface area (Å²) in [6, 6.07) is 13.1. The van der Waals surface area contributed by atoms with Gasteiger partial charge in [0.1, 0.15) is 15.8 Å². The van der Waals surface area contributed by atoms with Crippen molar-refractivity contribution in [2.45, 2.75) is 0 Å². The summed E-state index contributed by atoms with van der Waals surface area (Å²) in [5.41, 5.74) is 9.67. The van der Waals surface area contributed by atoms with Crippen LogP contribution in [0.4, 0.5) is 5.82 Å². The number of hydrogen-bond donors (Lipinski definition) is 2. The van der Waals surface area contributed by atoms with Gasteiger partial charge in [-0.15, -0.1) is 0 Å². The quantitative estimate of drug-likeness (QED) is 0.520. The molecular formula is C19H14N4O2S2. The van der Waals surface area contributed by atoms with Crippen molar-refractivity contribution in [3.8, 4) is 17.0 Å². The van der Waals surface area contributed by atoms with Gasteiger partial charge in [-0.2, -0.15) is 0 Å². The Balaban J connectivity index is 1.85. The number of amides is 1. The second-order valence-electron chi connectivity index (χ2n) is 5.76. The van der Waals surface area contributed by atoms with E-state index < -0.39 is 0 Å². The third kappa shape index (κ3) is 3.36. The fourth-order valence-corrected chi connectivity index (χ4v) is 3.83. The monoisotopic (exact) mass is 394 g/mol. The summed E-state index contributed by atoms with van der Waals surface area (Å²) in [6.45, 7) is 0. The molecule has 2 heterocycles. The van der Waals surface area contributed by atoms with Crippen LogP contribution in [0.3, 0.4) is 0 Å². The van der Waals surface area contributed by atoms with Crippen molar-refractivity contribution < 1.29 is 9.53 Å². The molecule has 0 saturated carbocycles. The van der Waals surface area contributed by atoms with E-state index >= 15 is 0 Å². The normalized spacial score (nSPS) is 15.4. The van der Waals surface area contributed by atoms with E-state index in [0.717, 1.165) is 16.6 Å². The number of carbonyl (C=O) groups is 1. The predicted molar refractivity (Wildman–Crippen MR) is 112 cm³/mol. The highest BCUT2D eigenvalue weighted by Crippen LogP contribution is 2.35. The largest absolute Gasteiger partial charge is 0.496 e. The molecule has 3 N–H and O–H groups in total. The summed E-state index contributed by atoms with van der Waals surface area (Å²) < 4.78 is 5.93. The van der Waals surface area contributed by atoms with Crippen LogP contribution in [0.2, 0.25) is 0 Å². The molecule has 1 aliphatic heterocycles. The molecule has 1 amide bonds. The molecule has 0 aliphatic carbocycles. The number of nitrogens with two attached hydrogens (primary N) is 1. The molecule has 8 heteroatoms. The van der Waals surface area contributed by atoms with Crippen molar-refractivity contribution in [3.05, 3.63) is 52.9 Å². The Kier molecular flexibility index (Phi) is 4.51. The van der Waals surface area contributed by atoms with E-state index in [9.17, 15) is 4.79 Å². The number of rotatable bonds is 3. The van der Waals surface area contributed by atoms with Gasteiger partial charge in [-0.25, -0.2) is 9.97 Å². The van der Waals surface area contributed by atoms with E-state index in [4.69, 9.17) is 22.7 Å². The number of benzene rings is 2. The van der Waals surface area contributed by atoms with Crippen LogP contribution in [0, 0.1) is 0 Å². The van der Waals surface area contributed by atoms with Gasteiger partial charge >= 0.3 is 0 Å². The van der Waals surface area contributed by atoms with Gasteiger partial charge in [-0.3, -0.25) is 4.79 Å². The molecule has 27 heavy (non-hydrogen) atoms. The first-order chi connectivity index (χ1) is 13.0. The molecule has 0 unspecified atom stereocenters. The van der Waals surface area contributed by atoms with Crippen molar-refractivity contribution in [1.82, 2.24) is 15.3 Å². The van der Waals surface area contributed by atoms with Crippen molar-refractivity contribution in [2.75, 3.05) is 12.8 Å². The minimum absolute atomic E-state index is 0.202. The van der Waals surface area contributed by atoms with E-state index in [2.05, 4.69) is 15.3 Å². The maximum absolute atomic E-state index is 11.9. The van der Waals surface area contributed by atoms with Gasteiger partial charge in [0.15, 0.2) is 5.82 Å². The number of thioether (sulfide) groups is 1. The summed E-state index contributed by atoms with van der Waals surface area (Å²) in [6.07, 6.45) is 1.77. The topological polar surface area (TPSA) is 90.1 Å². The summed E-state index contributed by atoms with van der Waals surface area (Å²) in [4.78, 5) is 21.6. The van der Waals surface area contributed by atoms with Crippen LogP contribution < -0.4 is 15.8 Å². The molecule has 2 aromatic carbocycles. The molecular weight excluding hydrogens is 380 g/mol. The molecule has 0 atom stereocenters. The number of nitrogens with zero attached hydrogens (tertiary/aromatic N) is 2. The van der Waals surface area contributed by atoms with E-state index in [1.807, 2.05) is 42.5 Å². The van der Waals surface area contributed by atoms with Crippen LogP contribution in [0.1, 0.15) is 5.56 Å². The minimum Gasteiger partial charge on any atom is -0.496 e. The lowest BCUT2D eigenvalue weighted by atomic mass is 10.1. The van der Waals surface area contributed by atoms with Gasteiger partial charge in [0, 0.05) is 5.56 Å². The Hall–Kier alpha value is -2.97. The van der Waals surface area contributed by atoms with E-state index in [1.54, 1.807) is 13.2 Å². The number of methoxy groups -OCH3 is 1. The summed E-state index contributed by atoms with van der Waals surface area (Å²) in [5.74, 6) is 0.728. The lowest BCUT2D eigenvalue weighted by Gasteiger charge is -2.12. The van der Waals surface area contributed by atoms with Crippen LogP contribution >= 0.6 is 24.0 Å². The maximum atomic E-state index is 11.9. The van der Waals surface area contributed by atoms with Crippen molar-refractivity contribution in [3.63, 3.8) is 0 Å². The Morgan fingerprint density at radius 2 is 1.93 bits per heavy atom. The van der Waals surface area contributed by atoms with Gasteiger partial charge in [-0.05, 0) is 35.9 Å². The Labute approximate surface area is 164 Å². The molecule has 4 rings (SSSR count). The first-order valence-electron chi connectivity index (χ1n) is 8.00. The van der Waals surface area contributed by atoms with Crippen LogP contribution in [-0.4, -0.2) is 27.3 Å². The average molecular weight is 394 g/mol. The van der Waals surface area contributed by atoms with E-state index in [-0.39, 0.29) is 5.91 Å². The van der Waals surface area contributed by atoms with E-state index in [1.165, 1.54) is 11.8 Å². The van der Waals surface area contributed by atoms with Gasteiger partial charge in [0.2, 0.25) is 0 Å².